The number of hydrogen-bond acceptors (Lipinski definition) is 2. The monoisotopic (exact) mass is 301 g/mol. The highest BCUT2D eigenvalue weighted by atomic mass is 35.5. The first kappa shape index (κ1) is 15.3. The number of ketones is 1. The van der Waals surface area contributed by atoms with Crippen LogP contribution < -0.4 is 5.56 Å². The normalized spacial score (nSPS) is 11.5. The van der Waals surface area contributed by atoms with Gasteiger partial charge < -0.3 is 4.98 Å². The standard InChI is InChI=1S/C17H16ClNO2/c1-10-8-12(3)19-17(21)15(10)16(20)11(2)9-13-4-6-14(18)7-5-13/h4-9H,1-3H3,(H,19,21)/b11-9+. The Morgan fingerprint density at radius 2 is 1.81 bits per heavy atom. The Morgan fingerprint density at radius 3 is 2.38 bits per heavy atom. The van der Waals surface area contributed by atoms with Crippen LogP contribution >= 0.6 is 11.6 Å². The average Bonchev–Trinajstić information content (AvgIpc) is 2.40. The Morgan fingerprint density at radius 1 is 1.19 bits per heavy atom. The molecule has 0 amide bonds. The second-order valence-corrected chi connectivity index (χ2v) is 5.48. The highest BCUT2D eigenvalue weighted by Crippen LogP contribution is 2.15. The van der Waals surface area contributed by atoms with Crippen LogP contribution in [-0.2, 0) is 0 Å². The molecule has 0 spiro atoms. The van der Waals surface area contributed by atoms with Crippen LogP contribution in [0, 0.1) is 13.8 Å². The summed E-state index contributed by atoms with van der Waals surface area (Å²) >= 11 is 5.83. The maximum absolute atomic E-state index is 12.5. The van der Waals surface area contributed by atoms with E-state index >= 15 is 0 Å². The van der Waals surface area contributed by atoms with Crippen LogP contribution in [0.2, 0.25) is 5.02 Å². The van der Waals surface area contributed by atoms with Crippen molar-refractivity contribution in [1.29, 1.82) is 0 Å². The second-order valence-electron chi connectivity index (χ2n) is 5.05. The lowest BCUT2D eigenvalue weighted by atomic mass is 9.99. The lowest BCUT2D eigenvalue weighted by Gasteiger charge is -2.06. The molecule has 0 bridgehead atoms. The summed E-state index contributed by atoms with van der Waals surface area (Å²) in [6.07, 6.45) is 1.75. The Labute approximate surface area is 128 Å². The van der Waals surface area contributed by atoms with Gasteiger partial charge in [0.1, 0.15) is 0 Å². The molecule has 2 rings (SSSR count). The fourth-order valence-electron chi connectivity index (χ4n) is 2.21. The first-order chi connectivity index (χ1) is 9.88. The minimum absolute atomic E-state index is 0.198. The molecule has 0 aliphatic carbocycles. The number of rotatable bonds is 3. The molecule has 3 nitrogen and oxygen atoms in total. The van der Waals surface area contributed by atoms with Crippen molar-refractivity contribution < 1.29 is 4.79 Å². The molecule has 0 saturated heterocycles. The Hall–Kier alpha value is -2.13. The number of aromatic amines is 1. The summed E-state index contributed by atoms with van der Waals surface area (Å²) in [4.78, 5) is 27.1. The zero-order valence-corrected chi connectivity index (χ0v) is 12.9. The molecule has 0 saturated carbocycles. The summed E-state index contributed by atoms with van der Waals surface area (Å²) < 4.78 is 0. The van der Waals surface area contributed by atoms with E-state index in [4.69, 9.17) is 11.6 Å². The van der Waals surface area contributed by atoms with Gasteiger partial charge in [0.05, 0.1) is 5.56 Å². The molecule has 0 atom stereocenters. The predicted molar refractivity (Wildman–Crippen MR) is 86.0 cm³/mol. The minimum atomic E-state index is -0.346. The lowest BCUT2D eigenvalue weighted by Crippen LogP contribution is -2.21. The fraction of sp³-hybridized carbons (Fsp3) is 0.176. The summed E-state index contributed by atoms with van der Waals surface area (Å²) in [6, 6.07) is 8.96. The van der Waals surface area contributed by atoms with Crippen molar-refractivity contribution in [3.05, 3.63) is 73.7 Å². The highest BCUT2D eigenvalue weighted by molar-refractivity contribution is 6.30. The Kier molecular flexibility index (Phi) is 4.43. The highest BCUT2D eigenvalue weighted by Gasteiger charge is 2.15. The van der Waals surface area contributed by atoms with E-state index in [-0.39, 0.29) is 16.9 Å². The van der Waals surface area contributed by atoms with Gasteiger partial charge in [-0.3, -0.25) is 9.59 Å². The molecule has 4 heteroatoms. The van der Waals surface area contributed by atoms with Crippen molar-refractivity contribution in [3.63, 3.8) is 0 Å². The largest absolute Gasteiger partial charge is 0.326 e. The average molecular weight is 302 g/mol. The van der Waals surface area contributed by atoms with Gasteiger partial charge >= 0.3 is 0 Å². The first-order valence-electron chi connectivity index (χ1n) is 6.57. The van der Waals surface area contributed by atoms with Crippen LogP contribution in [0.15, 0.2) is 40.7 Å². The SMILES string of the molecule is C/C(=C\c1ccc(Cl)cc1)C(=O)c1c(C)cc(C)[nH]c1=O. The third-order valence-electron chi connectivity index (χ3n) is 3.20. The number of H-pyrrole nitrogens is 1. The molecule has 0 fully saturated rings. The number of benzene rings is 1. The zero-order chi connectivity index (χ0) is 15.6. The van der Waals surface area contributed by atoms with Crippen molar-refractivity contribution in [2.24, 2.45) is 0 Å². The second kappa shape index (κ2) is 6.10. The third kappa shape index (κ3) is 3.50. The Balaban J connectivity index is 2.40. The van der Waals surface area contributed by atoms with Crippen LogP contribution in [0.5, 0.6) is 0 Å². The van der Waals surface area contributed by atoms with Crippen LogP contribution in [0.4, 0.5) is 0 Å². The number of allylic oxidation sites excluding steroid dienone is 1. The fourth-order valence-corrected chi connectivity index (χ4v) is 2.33. The number of carbonyl (C=O) groups excluding carboxylic acids is 1. The van der Waals surface area contributed by atoms with Gasteiger partial charge in [-0.05, 0) is 61.7 Å². The van der Waals surface area contributed by atoms with E-state index in [1.54, 1.807) is 45.0 Å². The summed E-state index contributed by atoms with van der Waals surface area (Å²) in [5.74, 6) is -0.260. The van der Waals surface area contributed by atoms with Crippen molar-refractivity contribution >= 4 is 23.5 Å². The van der Waals surface area contributed by atoms with Gasteiger partial charge in [-0.1, -0.05) is 23.7 Å². The number of hydrogen-bond donors (Lipinski definition) is 1. The van der Waals surface area contributed by atoms with E-state index in [0.717, 1.165) is 11.3 Å². The summed E-state index contributed by atoms with van der Waals surface area (Å²) in [7, 11) is 0. The van der Waals surface area contributed by atoms with Crippen LogP contribution in [0.1, 0.15) is 34.1 Å². The molecule has 0 aliphatic rings. The van der Waals surface area contributed by atoms with Gasteiger partial charge in [0, 0.05) is 10.7 Å². The number of halogens is 1. The number of nitrogens with one attached hydrogen (secondary N) is 1. The van der Waals surface area contributed by atoms with Crippen LogP contribution in [0.3, 0.4) is 0 Å². The molecule has 0 aliphatic heterocycles. The third-order valence-corrected chi connectivity index (χ3v) is 3.46. The number of aromatic nitrogens is 1. The van der Waals surface area contributed by atoms with E-state index < -0.39 is 0 Å². The topological polar surface area (TPSA) is 49.9 Å². The van der Waals surface area contributed by atoms with Crippen molar-refractivity contribution in [1.82, 2.24) is 4.98 Å². The molecule has 1 heterocycles. The zero-order valence-electron chi connectivity index (χ0n) is 12.2. The number of carbonyl (C=O) groups is 1. The van der Waals surface area contributed by atoms with Gasteiger partial charge in [-0.25, -0.2) is 0 Å². The van der Waals surface area contributed by atoms with Gasteiger partial charge in [0.15, 0.2) is 5.78 Å². The van der Waals surface area contributed by atoms with Crippen LogP contribution in [-0.4, -0.2) is 10.8 Å². The van der Waals surface area contributed by atoms with E-state index in [9.17, 15) is 9.59 Å². The number of Topliss-reactive ketones (excluding diaryl/α,β-unsaturated/α-hetero) is 1. The maximum atomic E-state index is 12.5. The van der Waals surface area contributed by atoms with E-state index in [1.165, 1.54) is 0 Å². The molecule has 1 aromatic heterocycles. The quantitative estimate of drug-likeness (QED) is 0.690. The number of aryl methyl sites for hydroxylation is 2. The summed E-state index contributed by atoms with van der Waals surface area (Å²) in [6.45, 7) is 5.26. The van der Waals surface area contributed by atoms with Crippen molar-refractivity contribution in [2.75, 3.05) is 0 Å². The van der Waals surface area contributed by atoms with Crippen LogP contribution in [0.25, 0.3) is 6.08 Å². The molecule has 0 unspecified atom stereocenters. The molecular weight excluding hydrogens is 286 g/mol. The molecular formula is C17H16ClNO2. The molecule has 108 valence electrons. The summed E-state index contributed by atoms with van der Waals surface area (Å²) in [5, 5.41) is 0.641. The molecule has 0 radical (unpaired) electrons. The molecule has 2 aromatic rings. The van der Waals surface area contributed by atoms with Gasteiger partial charge in [0.25, 0.3) is 5.56 Å². The Bertz CT molecular complexity index is 770. The van der Waals surface area contributed by atoms with Gasteiger partial charge in [-0.15, -0.1) is 0 Å². The van der Waals surface area contributed by atoms with Crippen molar-refractivity contribution in [2.45, 2.75) is 20.8 Å². The smallest absolute Gasteiger partial charge is 0.259 e. The van der Waals surface area contributed by atoms with Gasteiger partial charge in [-0.2, -0.15) is 0 Å². The van der Waals surface area contributed by atoms with Crippen molar-refractivity contribution in [3.8, 4) is 0 Å². The van der Waals surface area contributed by atoms with E-state index in [0.29, 0.717) is 16.2 Å². The first-order valence-corrected chi connectivity index (χ1v) is 6.95. The molecule has 21 heavy (non-hydrogen) atoms. The van der Waals surface area contributed by atoms with E-state index in [1.807, 2.05) is 12.1 Å². The lowest BCUT2D eigenvalue weighted by molar-refractivity contribution is 0.103. The van der Waals surface area contributed by atoms with E-state index in [2.05, 4.69) is 4.98 Å². The molecule has 1 N–H and O–H groups in total. The predicted octanol–water partition coefficient (Wildman–Crippen LogP) is 3.93. The molecule has 1 aromatic carbocycles. The maximum Gasteiger partial charge on any atom is 0.259 e. The number of pyridine rings is 1. The minimum Gasteiger partial charge on any atom is -0.326 e. The van der Waals surface area contributed by atoms with Gasteiger partial charge in [0.2, 0.25) is 0 Å². The summed E-state index contributed by atoms with van der Waals surface area (Å²) in [5.41, 5.74) is 2.66.